The standard InChI is InChI=1S/C14H21BrN2O2/c1-3-8-17(4-2)9-7-16-14(19)11-5-6-12(15)13(18)10-11/h5-6,10,18H,3-4,7-9H2,1-2H3,(H,16,19). The zero-order chi connectivity index (χ0) is 14.3. The van der Waals surface area contributed by atoms with Gasteiger partial charge in [-0.15, -0.1) is 0 Å². The summed E-state index contributed by atoms with van der Waals surface area (Å²) in [6.07, 6.45) is 1.11. The van der Waals surface area contributed by atoms with Gasteiger partial charge in [0.15, 0.2) is 0 Å². The summed E-state index contributed by atoms with van der Waals surface area (Å²) in [7, 11) is 0. The van der Waals surface area contributed by atoms with Crippen LogP contribution in [0, 0.1) is 0 Å². The molecule has 0 spiro atoms. The highest BCUT2D eigenvalue weighted by Gasteiger charge is 2.08. The molecule has 106 valence electrons. The highest BCUT2D eigenvalue weighted by atomic mass is 79.9. The van der Waals surface area contributed by atoms with Gasteiger partial charge in [-0.25, -0.2) is 0 Å². The van der Waals surface area contributed by atoms with E-state index in [1.807, 2.05) is 0 Å². The number of carbonyl (C=O) groups is 1. The quantitative estimate of drug-likeness (QED) is 0.809. The second kappa shape index (κ2) is 8.17. The summed E-state index contributed by atoms with van der Waals surface area (Å²) in [6, 6.07) is 4.81. The first kappa shape index (κ1) is 16.0. The van der Waals surface area contributed by atoms with Gasteiger partial charge in [0.2, 0.25) is 0 Å². The number of aromatic hydroxyl groups is 1. The highest BCUT2D eigenvalue weighted by molar-refractivity contribution is 9.10. The molecule has 0 saturated carbocycles. The van der Waals surface area contributed by atoms with E-state index in [1.54, 1.807) is 12.1 Å². The molecule has 1 aromatic rings. The molecule has 0 saturated heterocycles. The molecule has 0 atom stereocenters. The van der Waals surface area contributed by atoms with Crippen molar-refractivity contribution in [3.8, 4) is 5.75 Å². The van der Waals surface area contributed by atoms with Gasteiger partial charge >= 0.3 is 0 Å². The number of halogens is 1. The summed E-state index contributed by atoms with van der Waals surface area (Å²) in [5.74, 6) is -0.0795. The molecule has 0 unspecified atom stereocenters. The third kappa shape index (κ3) is 5.20. The average Bonchev–Trinajstić information content (AvgIpc) is 2.40. The molecular formula is C14H21BrN2O2. The molecule has 0 bridgehead atoms. The topological polar surface area (TPSA) is 52.6 Å². The number of nitrogens with one attached hydrogen (secondary N) is 1. The molecule has 1 rings (SSSR count). The van der Waals surface area contributed by atoms with Crippen molar-refractivity contribution in [1.29, 1.82) is 0 Å². The zero-order valence-electron chi connectivity index (χ0n) is 11.4. The fourth-order valence-electron chi connectivity index (χ4n) is 1.83. The maximum Gasteiger partial charge on any atom is 0.251 e. The normalized spacial score (nSPS) is 10.7. The third-order valence-corrected chi connectivity index (χ3v) is 3.58. The molecule has 1 amide bonds. The van der Waals surface area contributed by atoms with E-state index >= 15 is 0 Å². The van der Waals surface area contributed by atoms with Crippen LogP contribution in [0.25, 0.3) is 0 Å². The number of nitrogens with zero attached hydrogens (tertiary/aromatic N) is 1. The Labute approximate surface area is 122 Å². The number of rotatable bonds is 7. The minimum atomic E-state index is -0.157. The summed E-state index contributed by atoms with van der Waals surface area (Å²) in [4.78, 5) is 14.2. The van der Waals surface area contributed by atoms with Gasteiger partial charge in [0.1, 0.15) is 5.75 Å². The maximum absolute atomic E-state index is 11.9. The lowest BCUT2D eigenvalue weighted by atomic mass is 10.2. The summed E-state index contributed by atoms with van der Waals surface area (Å²) in [5, 5.41) is 12.4. The molecule has 5 heteroatoms. The maximum atomic E-state index is 11.9. The van der Waals surface area contributed by atoms with Gasteiger partial charge in [-0.1, -0.05) is 13.8 Å². The van der Waals surface area contributed by atoms with Crippen LogP contribution in [0.4, 0.5) is 0 Å². The van der Waals surface area contributed by atoms with Crippen LogP contribution in [0.3, 0.4) is 0 Å². The number of phenolic OH excluding ortho intramolecular Hbond substituents is 1. The van der Waals surface area contributed by atoms with Crippen molar-refractivity contribution >= 4 is 21.8 Å². The van der Waals surface area contributed by atoms with Crippen LogP contribution in [0.15, 0.2) is 22.7 Å². The lowest BCUT2D eigenvalue weighted by Crippen LogP contribution is -2.35. The molecule has 1 aromatic carbocycles. The summed E-state index contributed by atoms with van der Waals surface area (Å²) in [5.41, 5.74) is 0.472. The molecule has 19 heavy (non-hydrogen) atoms. The molecule has 0 aromatic heterocycles. The number of hydrogen-bond donors (Lipinski definition) is 2. The Kier molecular flexibility index (Phi) is 6.87. The summed E-state index contributed by atoms with van der Waals surface area (Å²) >= 11 is 3.19. The van der Waals surface area contributed by atoms with Crippen LogP contribution in [0.1, 0.15) is 30.6 Å². The van der Waals surface area contributed by atoms with Crippen LogP contribution in [0.5, 0.6) is 5.75 Å². The van der Waals surface area contributed by atoms with Gasteiger partial charge in [0.05, 0.1) is 4.47 Å². The molecule has 0 aliphatic carbocycles. The van der Waals surface area contributed by atoms with Gasteiger partial charge in [-0.2, -0.15) is 0 Å². The first-order chi connectivity index (χ1) is 9.08. The molecule has 2 N–H and O–H groups in total. The molecule has 4 nitrogen and oxygen atoms in total. The number of carbonyl (C=O) groups excluding carboxylic acids is 1. The second-order valence-corrected chi connectivity index (χ2v) is 5.21. The van der Waals surface area contributed by atoms with E-state index in [9.17, 15) is 9.90 Å². The van der Waals surface area contributed by atoms with Crippen LogP contribution in [-0.4, -0.2) is 42.1 Å². The van der Waals surface area contributed by atoms with E-state index < -0.39 is 0 Å². The molecule has 0 aliphatic heterocycles. The molecule has 0 heterocycles. The molecule has 0 radical (unpaired) electrons. The number of phenols is 1. The van der Waals surface area contributed by atoms with Crippen molar-refractivity contribution in [1.82, 2.24) is 10.2 Å². The van der Waals surface area contributed by atoms with Gasteiger partial charge in [0.25, 0.3) is 5.91 Å². The van der Waals surface area contributed by atoms with Gasteiger partial charge in [0, 0.05) is 18.7 Å². The molecular weight excluding hydrogens is 308 g/mol. The molecule has 0 fully saturated rings. The Bertz CT molecular complexity index is 424. The number of hydrogen-bond acceptors (Lipinski definition) is 3. The Morgan fingerprint density at radius 2 is 2.11 bits per heavy atom. The monoisotopic (exact) mass is 328 g/mol. The minimum absolute atomic E-state index is 0.0776. The Balaban J connectivity index is 2.44. The zero-order valence-corrected chi connectivity index (χ0v) is 13.0. The van der Waals surface area contributed by atoms with Crippen molar-refractivity contribution in [3.63, 3.8) is 0 Å². The van der Waals surface area contributed by atoms with E-state index in [0.29, 0.717) is 16.6 Å². The highest BCUT2D eigenvalue weighted by Crippen LogP contribution is 2.24. The van der Waals surface area contributed by atoms with Gasteiger partial charge < -0.3 is 15.3 Å². The predicted molar refractivity (Wildman–Crippen MR) is 80.5 cm³/mol. The van der Waals surface area contributed by atoms with Crippen molar-refractivity contribution in [3.05, 3.63) is 28.2 Å². The van der Waals surface area contributed by atoms with Gasteiger partial charge in [-0.05, 0) is 53.6 Å². The average molecular weight is 329 g/mol. The summed E-state index contributed by atoms with van der Waals surface area (Å²) in [6.45, 7) is 7.76. The van der Waals surface area contributed by atoms with Crippen LogP contribution in [-0.2, 0) is 0 Å². The lowest BCUT2D eigenvalue weighted by molar-refractivity contribution is 0.0948. The van der Waals surface area contributed by atoms with E-state index in [4.69, 9.17) is 0 Å². The first-order valence-corrected chi connectivity index (χ1v) is 7.36. The Morgan fingerprint density at radius 1 is 1.37 bits per heavy atom. The van der Waals surface area contributed by atoms with E-state index in [1.165, 1.54) is 6.07 Å². The molecule has 0 aliphatic rings. The fourth-order valence-corrected chi connectivity index (χ4v) is 2.07. The predicted octanol–water partition coefficient (Wildman–Crippen LogP) is 2.62. The van der Waals surface area contributed by atoms with Gasteiger partial charge in [-0.3, -0.25) is 4.79 Å². The number of likely N-dealkylation sites (N-methyl/N-ethyl adjacent to an activating group) is 1. The first-order valence-electron chi connectivity index (χ1n) is 6.57. The number of benzene rings is 1. The van der Waals surface area contributed by atoms with E-state index in [2.05, 4.69) is 40.0 Å². The van der Waals surface area contributed by atoms with Crippen molar-refractivity contribution in [2.24, 2.45) is 0 Å². The SMILES string of the molecule is CCCN(CC)CCNC(=O)c1ccc(Br)c(O)c1. The smallest absolute Gasteiger partial charge is 0.251 e. The second-order valence-electron chi connectivity index (χ2n) is 4.36. The van der Waals surface area contributed by atoms with E-state index in [0.717, 1.165) is 26.1 Å². The number of amides is 1. The largest absolute Gasteiger partial charge is 0.507 e. The Hall–Kier alpha value is -1.07. The van der Waals surface area contributed by atoms with Crippen molar-refractivity contribution < 1.29 is 9.90 Å². The van der Waals surface area contributed by atoms with Crippen LogP contribution >= 0.6 is 15.9 Å². The third-order valence-electron chi connectivity index (χ3n) is 2.91. The van der Waals surface area contributed by atoms with Crippen molar-refractivity contribution in [2.75, 3.05) is 26.2 Å². The van der Waals surface area contributed by atoms with E-state index in [-0.39, 0.29) is 11.7 Å². The van der Waals surface area contributed by atoms with Crippen molar-refractivity contribution in [2.45, 2.75) is 20.3 Å². The summed E-state index contributed by atoms with van der Waals surface area (Å²) < 4.78 is 0.587. The van der Waals surface area contributed by atoms with Crippen LogP contribution in [0.2, 0.25) is 0 Å². The minimum Gasteiger partial charge on any atom is -0.507 e. The van der Waals surface area contributed by atoms with Crippen LogP contribution < -0.4 is 5.32 Å². The fraction of sp³-hybridized carbons (Fsp3) is 0.500. The Morgan fingerprint density at radius 3 is 2.68 bits per heavy atom. The lowest BCUT2D eigenvalue weighted by Gasteiger charge is -2.19.